The molecule has 0 saturated carbocycles. The van der Waals surface area contributed by atoms with Crippen molar-refractivity contribution in [2.24, 2.45) is 0 Å². The zero-order chi connectivity index (χ0) is 15.7. The first-order chi connectivity index (χ1) is 10.6. The monoisotopic (exact) mass is 319 g/mol. The summed E-state index contributed by atoms with van der Waals surface area (Å²) in [6.45, 7) is 2.77. The average molecular weight is 319 g/mol. The summed E-state index contributed by atoms with van der Waals surface area (Å²) in [4.78, 5) is 14.7. The predicted molar refractivity (Wildman–Crippen MR) is 84.7 cm³/mol. The summed E-state index contributed by atoms with van der Waals surface area (Å²) in [5.74, 6) is -1.06. The van der Waals surface area contributed by atoms with Gasteiger partial charge in [-0.3, -0.25) is 9.69 Å². The second kappa shape index (κ2) is 6.18. The van der Waals surface area contributed by atoms with Crippen molar-refractivity contribution in [3.05, 3.63) is 57.5 Å². The number of carbonyl (C=O) groups is 1. The van der Waals surface area contributed by atoms with Gasteiger partial charge in [0.25, 0.3) is 0 Å². The molecule has 2 atom stereocenters. The molecule has 2 aromatic rings. The van der Waals surface area contributed by atoms with Crippen LogP contribution in [-0.2, 0) is 4.79 Å². The molecule has 0 aliphatic carbocycles. The topological polar surface area (TPSA) is 40.5 Å². The fourth-order valence-electron chi connectivity index (χ4n) is 3.12. The van der Waals surface area contributed by atoms with Crippen molar-refractivity contribution in [3.63, 3.8) is 0 Å². The first-order valence-electron chi connectivity index (χ1n) is 7.35. The van der Waals surface area contributed by atoms with Crippen LogP contribution in [0.15, 0.2) is 35.7 Å². The van der Waals surface area contributed by atoms with Gasteiger partial charge in [-0.2, -0.15) is 0 Å². The van der Waals surface area contributed by atoms with E-state index in [-0.39, 0.29) is 11.9 Å². The Bertz CT molecular complexity index is 668. The summed E-state index contributed by atoms with van der Waals surface area (Å²) >= 11 is 1.63. The van der Waals surface area contributed by atoms with Gasteiger partial charge in [-0.05, 0) is 54.5 Å². The number of nitrogens with zero attached hydrogens (tertiary/aromatic N) is 1. The lowest BCUT2D eigenvalue weighted by molar-refractivity contribution is -0.142. The molecule has 1 aromatic carbocycles. The minimum atomic E-state index is -0.780. The maximum Gasteiger partial charge on any atom is 0.320 e. The first-order valence-corrected chi connectivity index (χ1v) is 8.23. The number of benzene rings is 1. The van der Waals surface area contributed by atoms with Crippen molar-refractivity contribution in [2.45, 2.75) is 31.8 Å². The lowest BCUT2D eigenvalue weighted by Gasteiger charge is -2.31. The van der Waals surface area contributed by atoms with Gasteiger partial charge in [0.1, 0.15) is 11.9 Å². The lowest BCUT2D eigenvalue weighted by atomic mass is 10.0. The molecule has 3 nitrogen and oxygen atoms in total. The molecule has 1 aliphatic heterocycles. The molecule has 0 spiro atoms. The number of carboxylic acids is 1. The molecule has 0 radical (unpaired) electrons. The van der Waals surface area contributed by atoms with Gasteiger partial charge in [0.15, 0.2) is 0 Å². The van der Waals surface area contributed by atoms with Gasteiger partial charge in [-0.25, -0.2) is 4.39 Å². The third-order valence-corrected chi connectivity index (χ3v) is 5.22. The molecular weight excluding hydrogens is 301 g/mol. The third kappa shape index (κ3) is 2.91. The number of likely N-dealkylation sites (tertiary alicyclic amines) is 1. The van der Waals surface area contributed by atoms with Crippen LogP contribution in [0.3, 0.4) is 0 Å². The average Bonchev–Trinajstić information content (AvgIpc) is 3.11. The van der Waals surface area contributed by atoms with E-state index in [1.54, 1.807) is 23.5 Å². The van der Waals surface area contributed by atoms with Gasteiger partial charge in [0.05, 0.1) is 6.04 Å². The Kier molecular flexibility index (Phi) is 4.27. The largest absolute Gasteiger partial charge is 0.480 e. The highest BCUT2D eigenvalue weighted by Gasteiger charge is 2.37. The van der Waals surface area contributed by atoms with Crippen molar-refractivity contribution in [2.75, 3.05) is 6.54 Å². The Balaban J connectivity index is 2.03. The van der Waals surface area contributed by atoms with E-state index in [0.717, 1.165) is 29.0 Å². The van der Waals surface area contributed by atoms with E-state index in [4.69, 9.17) is 0 Å². The number of halogens is 1. The van der Waals surface area contributed by atoms with Crippen LogP contribution >= 0.6 is 11.3 Å². The molecule has 5 heteroatoms. The number of hydrogen-bond donors (Lipinski definition) is 1. The van der Waals surface area contributed by atoms with Crippen LogP contribution in [0.1, 0.15) is 34.9 Å². The van der Waals surface area contributed by atoms with Crippen molar-refractivity contribution in [3.8, 4) is 0 Å². The molecule has 0 amide bonds. The third-order valence-electron chi connectivity index (χ3n) is 4.12. The first kappa shape index (κ1) is 15.2. The maximum atomic E-state index is 13.2. The molecule has 2 unspecified atom stereocenters. The van der Waals surface area contributed by atoms with E-state index in [9.17, 15) is 14.3 Å². The Labute approximate surface area is 133 Å². The predicted octanol–water partition coefficient (Wildman–Crippen LogP) is 3.83. The molecule has 0 bridgehead atoms. The molecule has 2 heterocycles. The number of rotatable bonds is 4. The summed E-state index contributed by atoms with van der Waals surface area (Å²) in [6, 6.07) is 7.89. The van der Waals surface area contributed by atoms with Crippen LogP contribution in [0.4, 0.5) is 4.39 Å². The fourth-order valence-corrected chi connectivity index (χ4v) is 4.17. The van der Waals surface area contributed by atoms with Gasteiger partial charge in [-0.15, -0.1) is 11.3 Å². The van der Waals surface area contributed by atoms with Crippen LogP contribution in [-0.4, -0.2) is 28.6 Å². The number of aliphatic carboxylic acids is 1. The summed E-state index contributed by atoms with van der Waals surface area (Å²) in [6.07, 6.45) is 1.54. The standard InChI is InChI=1S/C17H18FNO2S/c1-11-9-15(22-10-11)16(12-4-6-13(18)7-5-12)19-8-2-3-14(19)17(20)21/h4-7,9-10,14,16H,2-3,8H2,1H3,(H,20,21). The smallest absolute Gasteiger partial charge is 0.320 e. The van der Waals surface area contributed by atoms with E-state index >= 15 is 0 Å². The number of thiophene rings is 1. The normalized spacial score (nSPS) is 20.2. The van der Waals surface area contributed by atoms with Crippen molar-refractivity contribution in [1.82, 2.24) is 4.90 Å². The quantitative estimate of drug-likeness (QED) is 0.931. The molecule has 1 fully saturated rings. The summed E-state index contributed by atoms with van der Waals surface area (Å²) in [7, 11) is 0. The molecule has 3 rings (SSSR count). The Morgan fingerprint density at radius 1 is 1.41 bits per heavy atom. The van der Waals surface area contributed by atoms with Crippen LogP contribution < -0.4 is 0 Å². The highest BCUT2D eigenvalue weighted by Crippen LogP contribution is 2.37. The van der Waals surface area contributed by atoms with E-state index in [1.165, 1.54) is 12.1 Å². The van der Waals surface area contributed by atoms with Gasteiger partial charge in [0.2, 0.25) is 0 Å². The summed E-state index contributed by atoms with van der Waals surface area (Å²) in [5.41, 5.74) is 2.11. The zero-order valence-electron chi connectivity index (χ0n) is 12.3. The minimum absolute atomic E-state index is 0.122. The zero-order valence-corrected chi connectivity index (χ0v) is 13.1. The van der Waals surface area contributed by atoms with E-state index in [1.807, 2.05) is 11.8 Å². The van der Waals surface area contributed by atoms with Gasteiger partial charge >= 0.3 is 5.97 Å². The molecular formula is C17H18FNO2S. The van der Waals surface area contributed by atoms with Crippen molar-refractivity contribution < 1.29 is 14.3 Å². The highest BCUT2D eigenvalue weighted by atomic mass is 32.1. The Hall–Kier alpha value is -1.72. The van der Waals surface area contributed by atoms with Crippen molar-refractivity contribution in [1.29, 1.82) is 0 Å². The molecule has 1 aromatic heterocycles. The molecule has 1 aliphatic rings. The van der Waals surface area contributed by atoms with E-state index < -0.39 is 12.0 Å². The minimum Gasteiger partial charge on any atom is -0.480 e. The molecule has 1 N–H and O–H groups in total. The van der Waals surface area contributed by atoms with Crippen LogP contribution in [0.2, 0.25) is 0 Å². The summed E-state index contributed by atoms with van der Waals surface area (Å²) in [5, 5.41) is 11.5. The van der Waals surface area contributed by atoms with Crippen LogP contribution in [0.25, 0.3) is 0 Å². The van der Waals surface area contributed by atoms with Gasteiger partial charge < -0.3 is 5.11 Å². The highest BCUT2D eigenvalue weighted by molar-refractivity contribution is 7.10. The molecule has 1 saturated heterocycles. The van der Waals surface area contributed by atoms with Crippen LogP contribution in [0.5, 0.6) is 0 Å². The molecule has 22 heavy (non-hydrogen) atoms. The lowest BCUT2D eigenvalue weighted by Crippen LogP contribution is -2.39. The van der Waals surface area contributed by atoms with Gasteiger partial charge in [0, 0.05) is 11.4 Å². The number of carboxylic acid groups (broad SMARTS) is 1. The van der Waals surface area contributed by atoms with E-state index in [0.29, 0.717) is 6.42 Å². The van der Waals surface area contributed by atoms with Crippen molar-refractivity contribution >= 4 is 17.3 Å². The SMILES string of the molecule is Cc1csc(C(c2ccc(F)cc2)N2CCCC2C(=O)O)c1. The summed E-state index contributed by atoms with van der Waals surface area (Å²) < 4.78 is 13.2. The van der Waals surface area contributed by atoms with Crippen LogP contribution in [0, 0.1) is 12.7 Å². The van der Waals surface area contributed by atoms with Gasteiger partial charge in [-0.1, -0.05) is 12.1 Å². The number of hydrogen-bond acceptors (Lipinski definition) is 3. The maximum absolute atomic E-state index is 13.2. The Morgan fingerprint density at radius 3 is 2.73 bits per heavy atom. The second-order valence-electron chi connectivity index (χ2n) is 5.71. The second-order valence-corrected chi connectivity index (χ2v) is 6.66. The number of aryl methyl sites for hydroxylation is 1. The molecule has 116 valence electrons. The fraction of sp³-hybridized carbons (Fsp3) is 0.353. The van der Waals surface area contributed by atoms with E-state index in [2.05, 4.69) is 11.4 Å². The Morgan fingerprint density at radius 2 is 2.14 bits per heavy atom.